The molecule has 1 saturated heterocycles. The van der Waals surface area contributed by atoms with Crippen LogP contribution in [-0.4, -0.2) is 59.3 Å². The van der Waals surface area contributed by atoms with Crippen LogP contribution in [0.5, 0.6) is 0 Å². The number of thioether (sulfide) groups is 1. The quantitative estimate of drug-likeness (QED) is 0.801. The topological polar surface area (TPSA) is 61.4 Å². The molecule has 132 valence electrons. The van der Waals surface area contributed by atoms with Crippen LogP contribution in [0.1, 0.15) is 6.92 Å². The van der Waals surface area contributed by atoms with Gasteiger partial charge in [-0.3, -0.25) is 9.78 Å². The van der Waals surface area contributed by atoms with Gasteiger partial charge in [0.2, 0.25) is 5.91 Å². The van der Waals surface area contributed by atoms with Crippen LogP contribution in [0.25, 0.3) is 0 Å². The van der Waals surface area contributed by atoms with Crippen molar-refractivity contribution < 1.29 is 4.79 Å². The molecule has 1 aromatic carbocycles. The Bertz CT molecular complexity index is 689. The zero-order valence-corrected chi connectivity index (χ0v) is 15.2. The number of hydrogen-bond acceptors (Lipinski definition) is 6. The number of amides is 1. The molecule has 0 unspecified atom stereocenters. The van der Waals surface area contributed by atoms with Gasteiger partial charge >= 0.3 is 0 Å². The summed E-state index contributed by atoms with van der Waals surface area (Å²) >= 11 is 1.64. The summed E-state index contributed by atoms with van der Waals surface area (Å²) in [5, 5.41) is 3.96. The maximum Gasteiger partial charge on any atom is 0.242 e. The number of nitrogens with zero attached hydrogens (tertiary/aromatic N) is 4. The molecular weight excluding hydrogens is 334 g/mol. The van der Waals surface area contributed by atoms with Crippen molar-refractivity contribution in [3.8, 4) is 0 Å². The highest BCUT2D eigenvalue weighted by Gasteiger charge is 2.21. The van der Waals surface area contributed by atoms with E-state index in [1.165, 1.54) is 5.69 Å². The number of aromatic nitrogens is 2. The highest BCUT2D eigenvalue weighted by atomic mass is 32.2. The fourth-order valence-corrected chi connectivity index (χ4v) is 3.38. The van der Waals surface area contributed by atoms with E-state index in [4.69, 9.17) is 0 Å². The molecule has 0 atom stereocenters. The summed E-state index contributed by atoms with van der Waals surface area (Å²) in [6.45, 7) is 5.53. The van der Waals surface area contributed by atoms with Crippen LogP contribution in [-0.2, 0) is 4.79 Å². The van der Waals surface area contributed by atoms with Gasteiger partial charge in [0, 0.05) is 31.9 Å². The third kappa shape index (κ3) is 4.85. The summed E-state index contributed by atoms with van der Waals surface area (Å²) in [4.78, 5) is 25.2. The lowest BCUT2D eigenvalue weighted by atomic mass is 10.2. The molecule has 7 heteroatoms. The van der Waals surface area contributed by atoms with E-state index in [2.05, 4.69) is 39.2 Å². The van der Waals surface area contributed by atoms with Crippen molar-refractivity contribution in [3.63, 3.8) is 0 Å². The number of hydrogen-bond donors (Lipinski definition) is 1. The summed E-state index contributed by atoms with van der Waals surface area (Å²) < 4.78 is 0. The van der Waals surface area contributed by atoms with Gasteiger partial charge in [-0.2, -0.15) is 0 Å². The van der Waals surface area contributed by atoms with Gasteiger partial charge < -0.3 is 15.1 Å². The zero-order valence-electron chi connectivity index (χ0n) is 14.4. The first-order chi connectivity index (χ1) is 12.3. The Labute approximate surface area is 152 Å². The maximum atomic E-state index is 12.4. The van der Waals surface area contributed by atoms with E-state index in [1.807, 2.05) is 23.1 Å². The molecule has 2 heterocycles. The highest BCUT2D eigenvalue weighted by Crippen LogP contribution is 2.16. The van der Waals surface area contributed by atoms with Crippen molar-refractivity contribution in [1.82, 2.24) is 14.9 Å². The molecule has 25 heavy (non-hydrogen) atoms. The van der Waals surface area contributed by atoms with Gasteiger partial charge in [-0.15, -0.1) is 11.8 Å². The third-order valence-electron chi connectivity index (χ3n) is 4.08. The summed E-state index contributed by atoms with van der Waals surface area (Å²) in [5.41, 5.74) is 1.22. The molecule has 1 fully saturated rings. The monoisotopic (exact) mass is 357 g/mol. The number of carbonyl (C=O) groups is 1. The zero-order chi connectivity index (χ0) is 17.5. The van der Waals surface area contributed by atoms with E-state index in [-0.39, 0.29) is 12.5 Å². The summed E-state index contributed by atoms with van der Waals surface area (Å²) in [7, 11) is 0. The van der Waals surface area contributed by atoms with Crippen LogP contribution in [0.4, 0.5) is 11.5 Å². The molecule has 1 aromatic heterocycles. The normalized spacial score (nSPS) is 14.4. The van der Waals surface area contributed by atoms with Crippen LogP contribution < -0.4 is 10.2 Å². The number of anilines is 2. The smallest absolute Gasteiger partial charge is 0.242 e. The van der Waals surface area contributed by atoms with Crippen molar-refractivity contribution in [1.29, 1.82) is 0 Å². The van der Waals surface area contributed by atoms with Gasteiger partial charge in [0.15, 0.2) is 0 Å². The van der Waals surface area contributed by atoms with Gasteiger partial charge in [0.05, 0.1) is 18.9 Å². The average molecular weight is 357 g/mol. The summed E-state index contributed by atoms with van der Waals surface area (Å²) in [5.74, 6) is 1.70. The van der Waals surface area contributed by atoms with Crippen LogP contribution >= 0.6 is 11.8 Å². The first-order valence-electron chi connectivity index (χ1n) is 8.52. The molecular formula is C18H23N5OS. The molecule has 0 radical (unpaired) electrons. The molecule has 1 N–H and O–H groups in total. The molecule has 1 amide bonds. The van der Waals surface area contributed by atoms with E-state index < -0.39 is 0 Å². The molecule has 1 aliphatic rings. The van der Waals surface area contributed by atoms with Crippen LogP contribution in [0.3, 0.4) is 0 Å². The molecule has 6 nitrogen and oxygen atoms in total. The fraction of sp³-hybridized carbons (Fsp3) is 0.389. The standard InChI is InChI=1S/C18H23N5OS/c1-2-25-17-13-19-12-16(21-17)20-14-18(24)23-10-8-22(9-11-23)15-6-4-3-5-7-15/h3-7,12-13H,2,8-11,14H2,1H3,(H,20,21). The van der Waals surface area contributed by atoms with E-state index in [0.717, 1.165) is 37.0 Å². The fourth-order valence-electron chi connectivity index (χ4n) is 2.78. The van der Waals surface area contributed by atoms with Gasteiger partial charge in [-0.25, -0.2) is 4.98 Å². The first kappa shape index (κ1) is 17.5. The third-order valence-corrected chi connectivity index (χ3v) is 4.86. The van der Waals surface area contributed by atoms with Crippen molar-refractivity contribution >= 4 is 29.2 Å². The Hall–Kier alpha value is -2.28. The van der Waals surface area contributed by atoms with Crippen LogP contribution in [0.15, 0.2) is 47.8 Å². The Morgan fingerprint density at radius 2 is 1.92 bits per heavy atom. The van der Waals surface area contributed by atoms with Gasteiger partial charge in [-0.1, -0.05) is 25.1 Å². The molecule has 1 aliphatic heterocycles. The number of benzene rings is 1. The van der Waals surface area contributed by atoms with Crippen molar-refractivity contribution in [2.24, 2.45) is 0 Å². The SMILES string of the molecule is CCSc1cncc(NCC(=O)N2CCN(c3ccccc3)CC2)n1. The van der Waals surface area contributed by atoms with Crippen molar-refractivity contribution in [3.05, 3.63) is 42.7 Å². The lowest BCUT2D eigenvalue weighted by Crippen LogP contribution is -2.50. The Balaban J connectivity index is 1.47. The van der Waals surface area contributed by atoms with Gasteiger partial charge in [0.25, 0.3) is 0 Å². The maximum absolute atomic E-state index is 12.4. The number of carbonyl (C=O) groups excluding carboxylic acids is 1. The Morgan fingerprint density at radius 3 is 2.64 bits per heavy atom. The Kier molecular flexibility index (Phi) is 6.11. The molecule has 0 bridgehead atoms. The second-order valence-electron chi connectivity index (χ2n) is 5.73. The summed E-state index contributed by atoms with van der Waals surface area (Å²) in [6, 6.07) is 10.3. The molecule has 2 aromatic rings. The van der Waals surface area contributed by atoms with Gasteiger partial charge in [0.1, 0.15) is 10.8 Å². The lowest BCUT2D eigenvalue weighted by Gasteiger charge is -2.36. The minimum absolute atomic E-state index is 0.100. The highest BCUT2D eigenvalue weighted by molar-refractivity contribution is 7.99. The predicted octanol–water partition coefficient (Wildman–Crippen LogP) is 2.35. The van der Waals surface area contributed by atoms with Crippen LogP contribution in [0, 0.1) is 0 Å². The van der Waals surface area contributed by atoms with Crippen molar-refractivity contribution in [2.45, 2.75) is 11.9 Å². The predicted molar refractivity (Wildman–Crippen MR) is 102 cm³/mol. The number of rotatable bonds is 6. The van der Waals surface area contributed by atoms with E-state index in [9.17, 15) is 4.79 Å². The number of para-hydroxylation sites is 1. The Morgan fingerprint density at radius 1 is 1.16 bits per heavy atom. The van der Waals surface area contributed by atoms with Gasteiger partial charge in [-0.05, 0) is 17.9 Å². The van der Waals surface area contributed by atoms with Crippen molar-refractivity contribution in [2.75, 3.05) is 48.7 Å². The second-order valence-corrected chi connectivity index (χ2v) is 7.02. The number of nitrogens with one attached hydrogen (secondary N) is 1. The van der Waals surface area contributed by atoms with E-state index in [1.54, 1.807) is 24.2 Å². The summed E-state index contributed by atoms with van der Waals surface area (Å²) in [6.07, 6.45) is 3.39. The molecule has 3 rings (SSSR count). The minimum atomic E-state index is 0.100. The molecule has 0 spiro atoms. The second kappa shape index (κ2) is 8.71. The molecule has 0 aliphatic carbocycles. The minimum Gasteiger partial charge on any atom is -0.368 e. The first-order valence-corrected chi connectivity index (χ1v) is 9.51. The van der Waals surface area contributed by atoms with E-state index in [0.29, 0.717) is 5.82 Å². The number of piperazine rings is 1. The molecule has 0 saturated carbocycles. The van der Waals surface area contributed by atoms with Crippen LogP contribution in [0.2, 0.25) is 0 Å². The largest absolute Gasteiger partial charge is 0.368 e. The average Bonchev–Trinajstić information content (AvgIpc) is 2.67. The van der Waals surface area contributed by atoms with E-state index >= 15 is 0 Å². The lowest BCUT2D eigenvalue weighted by molar-refractivity contribution is -0.129.